The summed E-state index contributed by atoms with van der Waals surface area (Å²) >= 11 is 5.93. The minimum Gasteiger partial charge on any atom is -0.478 e. The summed E-state index contributed by atoms with van der Waals surface area (Å²) in [4.78, 5) is 22.7. The maximum atomic E-state index is 11.4. The van der Waals surface area contributed by atoms with Crippen molar-refractivity contribution in [3.8, 4) is 11.1 Å². The second-order valence-electron chi connectivity index (χ2n) is 4.10. The van der Waals surface area contributed by atoms with Gasteiger partial charge in [-0.25, -0.2) is 4.79 Å². The molecule has 2 aromatic carbocycles. The Bertz CT molecular complexity index is 662. The first kappa shape index (κ1) is 13.3. The number of hydrogen-bond donors (Lipinski definition) is 1. The second-order valence-corrected chi connectivity index (χ2v) is 4.51. The highest BCUT2D eigenvalue weighted by atomic mass is 35.5. The molecule has 0 saturated heterocycles. The van der Waals surface area contributed by atoms with Crippen molar-refractivity contribution in [2.45, 2.75) is 6.92 Å². The van der Waals surface area contributed by atoms with Crippen molar-refractivity contribution < 1.29 is 14.7 Å². The smallest absolute Gasteiger partial charge is 0.337 e. The zero-order valence-corrected chi connectivity index (χ0v) is 10.9. The molecule has 0 fully saturated rings. The zero-order valence-electron chi connectivity index (χ0n) is 10.2. The topological polar surface area (TPSA) is 54.4 Å². The Balaban J connectivity index is 2.65. The fourth-order valence-electron chi connectivity index (χ4n) is 1.89. The average Bonchev–Trinajstić information content (AvgIpc) is 2.38. The van der Waals surface area contributed by atoms with Crippen LogP contribution in [0.3, 0.4) is 0 Å². The SMILES string of the molecule is CC(=O)c1cccc(-c2cccc(Cl)c2C(=O)O)c1. The number of halogens is 1. The van der Waals surface area contributed by atoms with Crippen LogP contribution in [0.15, 0.2) is 42.5 Å². The van der Waals surface area contributed by atoms with Crippen molar-refractivity contribution in [3.63, 3.8) is 0 Å². The molecular weight excluding hydrogens is 264 g/mol. The first-order chi connectivity index (χ1) is 9.00. The number of rotatable bonds is 3. The van der Waals surface area contributed by atoms with Gasteiger partial charge in [0, 0.05) is 5.56 Å². The second kappa shape index (κ2) is 5.24. The Morgan fingerprint density at radius 1 is 1.11 bits per heavy atom. The van der Waals surface area contributed by atoms with Gasteiger partial charge >= 0.3 is 5.97 Å². The molecule has 0 amide bonds. The summed E-state index contributed by atoms with van der Waals surface area (Å²) in [5, 5.41) is 9.41. The molecule has 0 heterocycles. The van der Waals surface area contributed by atoms with Gasteiger partial charge in [-0.15, -0.1) is 0 Å². The first-order valence-electron chi connectivity index (χ1n) is 5.64. The van der Waals surface area contributed by atoms with Gasteiger partial charge in [-0.2, -0.15) is 0 Å². The number of ketones is 1. The number of carbonyl (C=O) groups excluding carboxylic acids is 1. The summed E-state index contributed by atoms with van der Waals surface area (Å²) in [5.74, 6) is -1.16. The van der Waals surface area contributed by atoms with Gasteiger partial charge in [-0.1, -0.05) is 41.9 Å². The van der Waals surface area contributed by atoms with E-state index >= 15 is 0 Å². The number of carboxylic acids is 1. The van der Waals surface area contributed by atoms with Gasteiger partial charge < -0.3 is 5.11 Å². The molecule has 1 N–H and O–H groups in total. The fraction of sp³-hybridized carbons (Fsp3) is 0.0667. The van der Waals surface area contributed by atoms with E-state index in [0.29, 0.717) is 16.7 Å². The quantitative estimate of drug-likeness (QED) is 0.864. The van der Waals surface area contributed by atoms with Crippen LogP contribution in [0.25, 0.3) is 11.1 Å². The van der Waals surface area contributed by atoms with Crippen LogP contribution in [0, 0.1) is 0 Å². The van der Waals surface area contributed by atoms with Crippen LogP contribution in [0.2, 0.25) is 5.02 Å². The molecule has 19 heavy (non-hydrogen) atoms. The lowest BCUT2D eigenvalue weighted by molar-refractivity contribution is 0.0697. The van der Waals surface area contributed by atoms with Crippen molar-refractivity contribution in [2.24, 2.45) is 0 Å². The first-order valence-corrected chi connectivity index (χ1v) is 6.01. The van der Waals surface area contributed by atoms with Crippen LogP contribution in [0.5, 0.6) is 0 Å². The summed E-state index contributed by atoms with van der Waals surface area (Å²) in [6, 6.07) is 11.7. The summed E-state index contributed by atoms with van der Waals surface area (Å²) in [5.41, 5.74) is 1.74. The van der Waals surface area contributed by atoms with Crippen molar-refractivity contribution >= 4 is 23.4 Å². The van der Waals surface area contributed by atoms with E-state index in [2.05, 4.69) is 0 Å². The minimum atomic E-state index is -1.09. The third kappa shape index (κ3) is 2.66. The van der Waals surface area contributed by atoms with Crippen molar-refractivity contribution in [2.75, 3.05) is 0 Å². The Labute approximate surface area is 115 Å². The third-order valence-electron chi connectivity index (χ3n) is 2.81. The Kier molecular flexibility index (Phi) is 3.67. The summed E-state index contributed by atoms with van der Waals surface area (Å²) < 4.78 is 0. The molecule has 0 aliphatic heterocycles. The van der Waals surface area contributed by atoms with Crippen LogP contribution in [0.4, 0.5) is 0 Å². The van der Waals surface area contributed by atoms with Gasteiger partial charge in [0.1, 0.15) is 0 Å². The molecule has 4 heteroatoms. The lowest BCUT2D eigenvalue weighted by Gasteiger charge is -2.09. The van der Waals surface area contributed by atoms with Gasteiger partial charge in [-0.3, -0.25) is 4.79 Å². The monoisotopic (exact) mass is 274 g/mol. The molecule has 0 spiro atoms. The number of benzene rings is 2. The van der Waals surface area contributed by atoms with Crippen molar-refractivity contribution in [3.05, 3.63) is 58.6 Å². The molecule has 0 saturated carbocycles. The molecule has 2 rings (SSSR count). The highest BCUT2D eigenvalue weighted by Crippen LogP contribution is 2.29. The Hall–Kier alpha value is -2.13. The largest absolute Gasteiger partial charge is 0.478 e. The zero-order chi connectivity index (χ0) is 14.0. The highest BCUT2D eigenvalue weighted by Gasteiger charge is 2.15. The van der Waals surface area contributed by atoms with E-state index in [9.17, 15) is 14.7 Å². The predicted molar refractivity (Wildman–Crippen MR) is 73.9 cm³/mol. The van der Waals surface area contributed by atoms with E-state index in [-0.39, 0.29) is 16.4 Å². The maximum Gasteiger partial charge on any atom is 0.337 e. The molecule has 0 aliphatic carbocycles. The summed E-state index contributed by atoms with van der Waals surface area (Å²) in [6.45, 7) is 1.47. The maximum absolute atomic E-state index is 11.4. The standard InChI is InChI=1S/C15H11ClO3/c1-9(17)10-4-2-5-11(8-10)12-6-3-7-13(16)14(12)15(18)19/h2-8H,1H3,(H,18,19). The van der Waals surface area contributed by atoms with E-state index < -0.39 is 5.97 Å². The molecule has 2 aromatic rings. The molecule has 0 atom stereocenters. The number of hydrogen-bond acceptors (Lipinski definition) is 2. The fourth-order valence-corrected chi connectivity index (χ4v) is 2.14. The number of carboxylic acid groups (broad SMARTS) is 1. The van der Waals surface area contributed by atoms with Crippen LogP contribution in [-0.2, 0) is 0 Å². The van der Waals surface area contributed by atoms with E-state index in [1.165, 1.54) is 13.0 Å². The van der Waals surface area contributed by atoms with E-state index in [1.807, 2.05) is 0 Å². The van der Waals surface area contributed by atoms with Gasteiger partial charge in [0.05, 0.1) is 10.6 Å². The van der Waals surface area contributed by atoms with Gasteiger partial charge in [-0.05, 0) is 30.2 Å². The van der Waals surface area contributed by atoms with E-state index in [1.54, 1.807) is 36.4 Å². The summed E-state index contributed by atoms with van der Waals surface area (Å²) in [6.07, 6.45) is 0. The molecule has 0 aromatic heterocycles. The molecule has 3 nitrogen and oxygen atoms in total. The summed E-state index contributed by atoms with van der Waals surface area (Å²) in [7, 11) is 0. The molecule has 0 aliphatic rings. The minimum absolute atomic E-state index is 0.0462. The lowest BCUT2D eigenvalue weighted by Crippen LogP contribution is -2.01. The number of Topliss-reactive ketones (excluding diaryl/α,β-unsaturated/α-hetero) is 1. The molecule has 96 valence electrons. The normalized spacial score (nSPS) is 10.2. The highest BCUT2D eigenvalue weighted by molar-refractivity contribution is 6.34. The number of carbonyl (C=O) groups is 2. The van der Waals surface area contributed by atoms with Crippen LogP contribution < -0.4 is 0 Å². The van der Waals surface area contributed by atoms with Crippen LogP contribution in [-0.4, -0.2) is 16.9 Å². The predicted octanol–water partition coefficient (Wildman–Crippen LogP) is 3.91. The lowest BCUT2D eigenvalue weighted by atomic mass is 9.97. The third-order valence-corrected chi connectivity index (χ3v) is 3.12. The average molecular weight is 275 g/mol. The molecule has 0 bridgehead atoms. The molecule has 0 unspecified atom stereocenters. The van der Waals surface area contributed by atoms with E-state index in [4.69, 9.17) is 11.6 Å². The van der Waals surface area contributed by atoms with Crippen LogP contribution in [0.1, 0.15) is 27.6 Å². The van der Waals surface area contributed by atoms with E-state index in [0.717, 1.165) is 0 Å². The van der Waals surface area contributed by atoms with Gasteiger partial charge in [0.15, 0.2) is 5.78 Å². The Morgan fingerprint density at radius 2 is 1.79 bits per heavy atom. The Morgan fingerprint density at radius 3 is 2.42 bits per heavy atom. The van der Waals surface area contributed by atoms with Gasteiger partial charge in [0.25, 0.3) is 0 Å². The van der Waals surface area contributed by atoms with Crippen molar-refractivity contribution in [1.29, 1.82) is 0 Å². The number of aromatic carboxylic acids is 1. The molecule has 0 radical (unpaired) electrons. The molecular formula is C15H11ClO3. The van der Waals surface area contributed by atoms with Crippen molar-refractivity contribution in [1.82, 2.24) is 0 Å². The van der Waals surface area contributed by atoms with Gasteiger partial charge in [0.2, 0.25) is 0 Å². The van der Waals surface area contributed by atoms with Crippen LogP contribution >= 0.6 is 11.6 Å².